The van der Waals surface area contributed by atoms with Crippen molar-refractivity contribution in [2.75, 3.05) is 0 Å². The number of nitrogens with one attached hydrogen (secondary N) is 1. The predicted octanol–water partition coefficient (Wildman–Crippen LogP) is 4.34. The van der Waals surface area contributed by atoms with Gasteiger partial charge in [0.05, 0.1) is 5.54 Å². The first-order chi connectivity index (χ1) is 13.1. The minimum absolute atomic E-state index is 0.147. The lowest BCUT2D eigenvalue weighted by Gasteiger charge is -2.36. The molecule has 10 heteroatoms. The van der Waals surface area contributed by atoms with E-state index in [4.69, 9.17) is 4.74 Å². The fourth-order valence-corrected chi connectivity index (χ4v) is 3.13. The van der Waals surface area contributed by atoms with Gasteiger partial charge in [-0.1, -0.05) is 18.2 Å². The third kappa shape index (κ3) is 4.32. The number of hydrogen-bond donors (Lipinski definition) is 1. The van der Waals surface area contributed by atoms with Crippen LogP contribution in [0.3, 0.4) is 0 Å². The highest BCUT2D eigenvalue weighted by Gasteiger charge is 2.50. The Morgan fingerprint density at radius 1 is 1.32 bits per heavy atom. The quantitative estimate of drug-likeness (QED) is 0.536. The van der Waals surface area contributed by atoms with Crippen molar-refractivity contribution in [3.8, 4) is 0 Å². The highest BCUT2D eigenvalue weighted by atomic mass is 79.9. The van der Waals surface area contributed by atoms with Crippen LogP contribution < -0.4 is 5.32 Å². The van der Waals surface area contributed by atoms with Crippen molar-refractivity contribution >= 4 is 27.9 Å². The minimum atomic E-state index is -4.74. The van der Waals surface area contributed by atoms with Gasteiger partial charge in [0.25, 0.3) is 11.9 Å². The second-order valence-corrected chi connectivity index (χ2v) is 7.27. The predicted molar refractivity (Wildman–Crippen MR) is 96.1 cm³/mol. The molecule has 1 N–H and O–H groups in total. The molecule has 2 atom stereocenters. The van der Waals surface area contributed by atoms with Gasteiger partial charge in [-0.15, -0.1) is 0 Å². The van der Waals surface area contributed by atoms with Crippen molar-refractivity contribution in [2.45, 2.75) is 31.2 Å². The third-order valence-electron chi connectivity index (χ3n) is 4.19. The summed E-state index contributed by atoms with van der Waals surface area (Å²) < 4.78 is 59.7. The molecule has 0 unspecified atom stereocenters. The molecule has 1 aromatic heterocycles. The molecule has 0 aliphatic carbocycles. The van der Waals surface area contributed by atoms with Gasteiger partial charge >= 0.3 is 6.18 Å². The van der Waals surface area contributed by atoms with Crippen molar-refractivity contribution in [2.24, 2.45) is 4.99 Å². The number of pyridine rings is 1. The molecule has 1 aliphatic rings. The largest absolute Gasteiger partial charge is 0.452 e. The average molecular weight is 460 g/mol. The highest BCUT2D eigenvalue weighted by molar-refractivity contribution is 9.10. The number of carbonyl (C=O) groups is 1. The zero-order valence-corrected chi connectivity index (χ0v) is 16.0. The van der Waals surface area contributed by atoms with Crippen LogP contribution in [0.4, 0.5) is 17.6 Å². The summed E-state index contributed by atoms with van der Waals surface area (Å²) in [6.45, 7) is 1.33. The molecule has 0 fully saturated rings. The number of aliphatic imine (C=N–C) groups is 1. The maximum absolute atomic E-state index is 14.3. The van der Waals surface area contributed by atoms with E-state index in [1.807, 2.05) is 0 Å². The number of benzene rings is 1. The first kappa shape index (κ1) is 20.2. The lowest BCUT2D eigenvalue weighted by Crippen LogP contribution is -2.48. The molecule has 1 aromatic carbocycles. The van der Waals surface area contributed by atoms with E-state index in [1.165, 1.54) is 31.3 Å². The summed E-state index contributed by atoms with van der Waals surface area (Å²) in [6.07, 6.45) is -6.50. The molecular weight excluding hydrogens is 446 g/mol. The topological polar surface area (TPSA) is 63.6 Å². The van der Waals surface area contributed by atoms with Gasteiger partial charge in [-0.25, -0.2) is 9.98 Å². The number of rotatable bonds is 2. The number of hydrogen-bond acceptors (Lipinski definition) is 4. The van der Waals surface area contributed by atoms with Crippen LogP contribution in [0, 0.1) is 5.95 Å². The van der Waals surface area contributed by atoms with Crippen LogP contribution in [0.15, 0.2) is 52.1 Å². The van der Waals surface area contributed by atoms with E-state index >= 15 is 0 Å². The van der Waals surface area contributed by atoms with Crippen molar-refractivity contribution in [1.82, 2.24) is 10.3 Å². The minimum Gasteiger partial charge on any atom is -0.452 e. The van der Waals surface area contributed by atoms with Crippen molar-refractivity contribution < 1.29 is 27.1 Å². The van der Waals surface area contributed by atoms with E-state index in [1.54, 1.807) is 18.2 Å². The maximum Gasteiger partial charge on any atom is 0.425 e. The number of amidine groups is 1. The lowest BCUT2D eigenvalue weighted by molar-refractivity contribution is -0.208. The summed E-state index contributed by atoms with van der Waals surface area (Å²) in [5, 5.41) is 2.23. The summed E-state index contributed by atoms with van der Waals surface area (Å²) in [4.78, 5) is 19.9. The second-order valence-electron chi connectivity index (χ2n) is 6.36. The zero-order chi connectivity index (χ0) is 20.5. The summed E-state index contributed by atoms with van der Waals surface area (Å²) in [5.74, 6) is -1.65. The molecule has 1 amide bonds. The number of carbonyl (C=O) groups excluding carboxylic acids is 1. The van der Waals surface area contributed by atoms with E-state index in [9.17, 15) is 22.4 Å². The molecule has 1 aliphatic heterocycles. The summed E-state index contributed by atoms with van der Waals surface area (Å²) >= 11 is 3.13. The average Bonchev–Trinajstić information content (AvgIpc) is 2.63. The number of aromatic nitrogens is 1. The number of alkyl halides is 3. The van der Waals surface area contributed by atoms with Crippen LogP contribution in [-0.2, 0) is 10.3 Å². The molecule has 0 spiro atoms. The molecule has 0 saturated carbocycles. The van der Waals surface area contributed by atoms with Gasteiger partial charge in [0.1, 0.15) is 0 Å². The smallest absolute Gasteiger partial charge is 0.425 e. The van der Waals surface area contributed by atoms with Gasteiger partial charge in [-0.3, -0.25) is 10.1 Å². The Labute approximate surface area is 166 Å². The van der Waals surface area contributed by atoms with Crippen LogP contribution in [0.1, 0.15) is 29.3 Å². The molecule has 148 valence electrons. The molecule has 3 rings (SSSR count). The van der Waals surface area contributed by atoms with E-state index < -0.39 is 42.1 Å². The van der Waals surface area contributed by atoms with Crippen LogP contribution in [0.5, 0.6) is 0 Å². The number of ether oxygens (including phenoxy) is 1. The molecule has 28 heavy (non-hydrogen) atoms. The first-order valence-corrected chi connectivity index (χ1v) is 8.89. The fourth-order valence-electron chi connectivity index (χ4n) is 2.80. The zero-order valence-electron chi connectivity index (χ0n) is 14.4. The Kier molecular flexibility index (Phi) is 5.42. The molecule has 2 aromatic rings. The van der Waals surface area contributed by atoms with Gasteiger partial charge in [-0.05, 0) is 41.1 Å². The number of halogens is 5. The molecule has 0 saturated heterocycles. The highest BCUT2D eigenvalue weighted by Crippen LogP contribution is 2.41. The van der Waals surface area contributed by atoms with Gasteiger partial charge in [0, 0.05) is 28.2 Å². The van der Waals surface area contributed by atoms with E-state index in [-0.39, 0.29) is 11.1 Å². The normalized spacial score (nSPS) is 22.2. The van der Waals surface area contributed by atoms with Crippen LogP contribution in [-0.4, -0.2) is 29.2 Å². The number of nitrogens with zero attached hydrogens (tertiary/aromatic N) is 2. The van der Waals surface area contributed by atoms with Crippen LogP contribution >= 0.6 is 15.9 Å². The van der Waals surface area contributed by atoms with Crippen molar-refractivity contribution in [3.63, 3.8) is 0 Å². The van der Waals surface area contributed by atoms with Crippen molar-refractivity contribution in [1.29, 1.82) is 0 Å². The SMILES string of the molecule is C[C@@]1(c2cc(Br)cnc2F)C[C@@H](C(F)(F)F)OC(NC(=O)c2ccccc2)=N1. The Morgan fingerprint density at radius 2 is 2.00 bits per heavy atom. The first-order valence-electron chi connectivity index (χ1n) is 8.10. The Bertz CT molecular complexity index is 921. The van der Waals surface area contributed by atoms with Gasteiger partial charge in [0.2, 0.25) is 5.95 Å². The molecule has 5 nitrogen and oxygen atoms in total. The number of amides is 1. The maximum atomic E-state index is 14.3. The monoisotopic (exact) mass is 459 g/mol. The van der Waals surface area contributed by atoms with Crippen molar-refractivity contribution in [3.05, 3.63) is 64.1 Å². The molecule has 0 radical (unpaired) electrons. The molecule has 0 bridgehead atoms. The van der Waals surface area contributed by atoms with Gasteiger partial charge in [-0.2, -0.15) is 17.6 Å². The van der Waals surface area contributed by atoms with Gasteiger partial charge in [0.15, 0.2) is 6.10 Å². The fraction of sp³-hybridized carbons (Fsp3) is 0.278. The Hall–Kier alpha value is -2.49. The standard InChI is InChI=1S/C18H14BrF4N3O2/c1-17(12-7-11(19)9-24-14(12)20)8-13(18(21,22)23)28-16(26-17)25-15(27)10-5-3-2-4-6-10/h2-7,9,13H,8H2,1H3,(H,25,26,27)/t13-,17-/m0/s1. The van der Waals surface area contributed by atoms with E-state index in [0.717, 1.165) is 0 Å². The lowest BCUT2D eigenvalue weighted by atomic mass is 9.86. The Balaban J connectivity index is 2.00. The summed E-state index contributed by atoms with van der Waals surface area (Å²) in [5.41, 5.74) is -1.59. The van der Waals surface area contributed by atoms with E-state index in [0.29, 0.717) is 4.47 Å². The summed E-state index contributed by atoms with van der Waals surface area (Å²) in [6, 6.07) is 8.53. The Morgan fingerprint density at radius 3 is 2.64 bits per heavy atom. The summed E-state index contributed by atoms with van der Waals surface area (Å²) in [7, 11) is 0. The van der Waals surface area contributed by atoms with Crippen LogP contribution in [0.2, 0.25) is 0 Å². The van der Waals surface area contributed by atoms with Crippen LogP contribution in [0.25, 0.3) is 0 Å². The second kappa shape index (κ2) is 7.50. The van der Waals surface area contributed by atoms with Gasteiger partial charge < -0.3 is 4.74 Å². The molecular formula is C18H14BrF4N3O2. The third-order valence-corrected chi connectivity index (χ3v) is 4.63. The van der Waals surface area contributed by atoms with E-state index in [2.05, 4.69) is 31.2 Å². The molecule has 2 heterocycles.